The summed E-state index contributed by atoms with van der Waals surface area (Å²) in [6, 6.07) is -0.147. The molecule has 3 amide bonds. The third kappa shape index (κ3) is 5.12. The summed E-state index contributed by atoms with van der Waals surface area (Å²) in [5, 5.41) is 10.7. The molecule has 1 saturated heterocycles. The average molecular weight is 404 g/mol. The monoisotopic (exact) mass is 404 g/mol. The van der Waals surface area contributed by atoms with E-state index in [2.05, 4.69) is 20.6 Å². The predicted octanol–water partition coefficient (Wildman–Crippen LogP) is 1.44. The maximum atomic E-state index is 12.5. The van der Waals surface area contributed by atoms with Crippen molar-refractivity contribution in [3.8, 4) is 0 Å². The van der Waals surface area contributed by atoms with Crippen LogP contribution in [0.5, 0.6) is 0 Å². The molecule has 0 atom stereocenters. The molecule has 2 aromatic heterocycles. The lowest BCUT2D eigenvalue weighted by Crippen LogP contribution is -2.53. The van der Waals surface area contributed by atoms with Crippen molar-refractivity contribution in [3.63, 3.8) is 0 Å². The van der Waals surface area contributed by atoms with Crippen LogP contribution < -0.4 is 5.32 Å². The molecule has 3 heterocycles. The van der Waals surface area contributed by atoms with Gasteiger partial charge in [0.05, 0.1) is 12.1 Å². The van der Waals surface area contributed by atoms with Gasteiger partial charge in [-0.25, -0.2) is 4.79 Å². The van der Waals surface area contributed by atoms with Crippen LogP contribution in [-0.4, -0.2) is 69.8 Å². The zero-order chi connectivity index (χ0) is 21.0. The Morgan fingerprint density at radius 2 is 1.76 bits per heavy atom. The topological polar surface area (TPSA) is 118 Å². The zero-order valence-corrected chi connectivity index (χ0v) is 17.4. The van der Waals surface area contributed by atoms with Crippen LogP contribution >= 0.6 is 0 Å². The first-order valence-corrected chi connectivity index (χ1v) is 9.90. The van der Waals surface area contributed by atoms with Crippen molar-refractivity contribution in [1.29, 1.82) is 0 Å². The quantitative estimate of drug-likeness (QED) is 0.774. The minimum atomic E-state index is -0.147. The summed E-state index contributed by atoms with van der Waals surface area (Å²) >= 11 is 0. The van der Waals surface area contributed by atoms with Crippen molar-refractivity contribution < 1.29 is 18.6 Å². The fourth-order valence-electron chi connectivity index (χ4n) is 3.17. The molecule has 158 valence electrons. The second kappa shape index (κ2) is 9.06. The van der Waals surface area contributed by atoms with Gasteiger partial charge in [-0.05, 0) is 13.8 Å². The molecule has 10 nitrogen and oxygen atoms in total. The van der Waals surface area contributed by atoms with Gasteiger partial charge in [0.2, 0.25) is 11.8 Å². The number of amides is 3. The van der Waals surface area contributed by atoms with E-state index in [0.29, 0.717) is 56.6 Å². The smallest absolute Gasteiger partial charge is 0.317 e. The Kier molecular flexibility index (Phi) is 6.50. The van der Waals surface area contributed by atoms with Gasteiger partial charge >= 0.3 is 6.03 Å². The van der Waals surface area contributed by atoms with Gasteiger partial charge in [-0.1, -0.05) is 24.2 Å². The molecule has 0 saturated carbocycles. The average Bonchev–Trinajstić information content (AvgIpc) is 3.30. The lowest BCUT2D eigenvalue weighted by Gasteiger charge is -2.34. The summed E-state index contributed by atoms with van der Waals surface area (Å²) in [6.45, 7) is 10.1. The van der Waals surface area contributed by atoms with Gasteiger partial charge in [0, 0.05) is 50.6 Å². The molecule has 2 aromatic rings. The van der Waals surface area contributed by atoms with E-state index in [-0.39, 0.29) is 24.3 Å². The number of nitrogens with zero attached hydrogens (tertiary/aromatic N) is 5. The van der Waals surface area contributed by atoms with Gasteiger partial charge in [0.1, 0.15) is 5.76 Å². The van der Waals surface area contributed by atoms with Gasteiger partial charge in [-0.15, -0.1) is 0 Å². The molecule has 0 aromatic carbocycles. The Bertz CT molecular complexity index is 831. The van der Waals surface area contributed by atoms with Crippen molar-refractivity contribution in [2.45, 2.75) is 46.5 Å². The first-order chi connectivity index (χ1) is 13.8. The Morgan fingerprint density at radius 3 is 2.34 bits per heavy atom. The first-order valence-electron chi connectivity index (χ1n) is 9.90. The SMILES string of the molecule is Cc1noc(C)c1CC(=O)N1CCN(C(=O)NCCc2nc(C(C)C)no2)CC1. The number of piperazine rings is 1. The molecule has 1 aliphatic rings. The molecule has 0 radical (unpaired) electrons. The molecule has 1 fully saturated rings. The second-order valence-electron chi connectivity index (χ2n) is 7.53. The van der Waals surface area contributed by atoms with Crippen molar-refractivity contribution in [3.05, 3.63) is 28.7 Å². The fraction of sp³-hybridized carbons (Fsp3) is 0.632. The van der Waals surface area contributed by atoms with Crippen molar-refractivity contribution in [2.75, 3.05) is 32.7 Å². The molecule has 0 bridgehead atoms. The van der Waals surface area contributed by atoms with E-state index in [0.717, 1.165) is 11.3 Å². The largest absolute Gasteiger partial charge is 0.361 e. The molecule has 0 aliphatic carbocycles. The minimum Gasteiger partial charge on any atom is -0.361 e. The van der Waals surface area contributed by atoms with Crippen LogP contribution in [-0.2, 0) is 17.6 Å². The summed E-state index contributed by atoms with van der Waals surface area (Å²) in [7, 11) is 0. The Morgan fingerprint density at radius 1 is 1.07 bits per heavy atom. The third-order valence-corrected chi connectivity index (χ3v) is 5.04. The molecule has 0 spiro atoms. The highest BCUT2D eigenvalue weighted by molar-refractivity contribution is 5.80. The van der Waals surface area contributed by atoms with E-state index >= 15 is 0 Å². The molecule has 29 heavy (non-hydrogen) atoms. The van der Waals surface area contributed by atoms with Gasteiger partial charge in [0.15, 0.2) is 5.82 Å². The van der Waals surface area contributed by atoms with Gasteiger partial charge in [-0.2, -0.15) is 4.98 Å². The number of urea groups is 1. The molecule has 1 aliphatic heterocycles. The second-order valence-corrected chi connectivity index (χ2v) is 7.53. The van der Waals surface area contributed by atoms with Crippen LogP contribution in [0, 0.1) is 13.8 Å². The van der Waals surface area contributed by atoms with Crippen molar-refractivity contribution in [2.24, 2.45) is 0 Å². The minimum absolute atomic E-state index is 0.0248. The normalized spacial score (nSPS) is 14.5. The highest BCUT2D eigenvalue weighted by Gasteiger charge is 2.25. The Balaban J connectivity index is 1.40. The van der Waals surface area contributed by atoms with E-state index in [9.17, 15) is 9.59 Å². The molecule has 1 N–H and O–H groups in total. The highest BCUT2D eigenvalue weighted by Crippen LogP contribution is 2.15. The fourth-order valence-corrected chi connectivity index (χ4v) is 3.17. The number of nitrogens with one attached hydrogen (secondary N) is 1. The maximum absolute atomic E-state index is 12.5. The van der Waals surface area contributed by atoms with Crippen LogP contribution in [0.3, 0.4) is 0 Å². The van der Waals surface area contributed by atoms with E-state index < -0.39 is 0 Å². The van der Waals surface area contributed by atoms with Gasteiger partial charge in [-0.3, -0.25) is 4.79 Å². The zero-order valence-electron chi connectivity index (χ0n) is 17.4. The number of hydrogen-bond donors (Lipinski definition) is 1. The Hall–Kier alpha value is -2.91. The standard InChI is InChI=1S/C19H28N6O4/c1-12(2)18-21-16(29-23-18)5-6-20-19(27)25-9-7-24(8-10-25)17(26)11-15-13(3)22-28-14(15)4/h12H,5-11H2,1-4H3,(H,20,27). The summed E-state index contributed by atoms with van der Waals surface area (Å²) < 4.78 is 10.3. The molecule has 3 rings (SSSR count). The first kappa shape index (κ1) is 20.8. The number of carbonyl (C=O) groups is 2. The maximum Gasteiger partial charge on any atom is 0.317 e. The van der Waals surface area contributed by atoms with Crippen LogP contribution in [0.25, 0.3) is 0 Å². The number of aromatic nitrogens is 3. The number of rotatable bonds is 6. The number of aryl methyl sites for hydroxylation is 2. The van der Waals surface area contributed by atoms with E-state index in [1.807, 2.05) is 27.7 Å². The van der Waals surface area contributed by atoms with Crippen molar-refractivity contribution >= 4 is 11.9 Å². The lowest BCUT2D eigenvalue weighted by atomic mass is 10.1. The van der Waals surface area contributed by atoms with Crippen LogP contribution in [0.4, 0.5) is 4.79 Å². The molecule has 0 unspecified atom stereocenters. The van der Waals surface area contributed by atoms with E-state index in [4.69, 9.17) is 9.05 Å². The summed E-state index contributed by atoms with van der Waals surface area (Å²) in [5.74, 6) is 2.10. The molecule has 10 heteroatoms. The molecular formula is C19H28N6O4. The van der Waals surface area contributed by atoms with Gasteiger partial charge in [0.25, 0.3) is 0 Å². The molecular weight excluding hydrogens is 376 g/mol. The number of carbonyl (C=O) groups excluding carboxylic acids is 2. The summed E-state index contributed by atoms with van der Waals surface area (Å²) in [4.78, 5) is 32.7. The summed E-state index contributed by atoms with van der Waals surface area (Å²) in [6.07, 6.45) is 0.761. The van der Waals surface area contributed by atoms with E-state index in [1.54, 1.807) is 9.80 Å². The van der Waals surface area contributed by atoms with Crippen molar-refractivity contribution in [1.82, 2.24) is 30.4 Å². The van der Waals surface area contributed by atoms with Crippen LogP contribution in [0.1, 0.15) is 48.5 Å². The number of hydrogen-bond acceptors (Lipinski definition) is 7. The highest BCUT2D eigenvalue weighted by atomic mass is 16.5. The summed E-state index contributed by atoms with van der Waals surface area (Å²) in [5.41, 5.74) is 1.59. The van der Waals surface area contributed by atoms with Gasteiger partial charge < -0.3 is 24.2 Å². The third-order valence-electron chi connectivity index (χ3n) is 5.04. The van der Waals surface area contributed by atoms with E-state index in [1.165, 1.54) is 0 Å². The lowest BCUT2D eigenvalue weighted by molar-refractivity contribution is -0.131. The predicted molar refractivity (Wildman–Crippen MR) is 103 cm³/mol. The van der Waals surface area contributed by atoms with Crippen LogP contribution in [0.15, 0.2) is 9.05 Å². The Labute approximate surface area is 169 Å². The van der Waals surface area contributed by atoms with Crippen LogP contribution in [0.2, 0.25) is 0 Å².